The molecule has 55 heavy (non-hydrogen) atoms. The first-order valence-corrected chi connectivity index (χ1v) is 20.4. The number of esters is 1. The fourth-order valence-corrected chi connectivity index (χ4v) is 12.2. The van der Waals surface area contributed by atoms with E-state index in [1.54, 1.807) is 0 Å². The minimum Gasteiger partial charge on any atom is -0.459 e. The number of hydrogen-bond acceptors (Lipinski definition) is 15. The van der Waals surface area contributed by atoms with Crippen LogP contribution in [0.5, 0.6) is 0 Å². The van der Waals surface area contributed by atoms with E-state index in [-0.39, 0.29) is 41.5 Å². The number of carbonyl (C=O) groups is 1. The van der Waals surface area contributed by atoms with Gasteiger partial charge in [-0.2, -0.15) is 0 Å². The standard InChI is InChI=1S/C40H64O15/c1-17-12-28(55-35(49)18(17)2)40(5,50)26-9-8-22-21-7-6-19-13-20(14-27(42)39(19,4)23(21)10-11-38(22,26)3)52-37-34(48)32(46)30(44)25(54-37)16-51-36-33(47)31(45)29(43)24(15-41)53-36/h6,17-18,20-34,36-37,41-48,50H,7-16H2,1-5H3/t17-,18-,20-,21+,22+,23+,24-,25-,26+,27+,28-,29-,30-,31+,32+,33-,34-,36-,37-,38+,39+,40-/m1/s1. The van der Waals surface area contributed by atoms with Crippen LogP contribution in [-0.4, -0.2) is 150 Å². The molecule has 4 aliphatic carbocycles. The second-order valence-corrected chi connectivity index (χ2v) is 18.7. The van der Waals surface area contributed by atoms with Gasteiger partial charge < -0.3 is 69.6 Å². The van der Waals surface area contributed by atoms with Crippen molar-refractivity contribution >= 4 is 5.97 Å². The molecule has 0 bridgehead atoms. The van der Waals surface area contributed by atoms with Gasteiger partial charge >= 0.3 is 5.97 Å². The van der Waals surface area contributed by atoms with Crippen molar-refractivity contribution in [3.8, 4) is 0 Å². The van der Waals surface area contributed by atoms with Crippen LogP contribution in [0, 0.1) is 46.3 Å². The molecule has 3 aliphatic heterocycles. The Hall–Kier alpha value is -1.31. The maximum atomic E-state index is 12.7. The van der Waals surface area contributed by atoms with E-state index < -0.39 is 104 Å². The maximum Gasteiger partial charge on any atom is 0.309 e. The lowest BCUT2D eigenvalue weighted by molar-refractivity contribution is -0.337. The number of ether oxygens (including phenoxy) is 5. The molecule has 3 saturated heterocycles. The summed E-state index contributed by atoms with van der Waals surface area (Å²) >= 11 is 0. The third kappa shape index (κ3) is 6.94. The molecule has 3 saturated carbocycles. The van der Waals surface area contributed by atoms with E-state index in [2.05, 4.69) is 26.8 Å². The van der Waals surface area contributed by atoms with E-state index in [1.807, 2.05) is 13.8 Å². The van der Waals surface area contributed by atoms with Gasteiger partial charge in [0.15, 0.2) is 12.6 Å². The molecule has 0 radical (unpaired) electrons. The van der Waals surface area contributed by atoms with Gasteiger partial charge in [0, 0.05) is 11.8 Å². The fourth-order valence-electron chi connectivity index (χ4n) is 12.2. The Bertz CT molecular complexity index is 1420. The molecule has 7 aliphatic rings. The Kier molecular flexibility index (Phi) is 11.7. The fraction of sp³-hybridized carbons (Fsp3) is 0.925. The van der Waals surface area contributed by atoms with Gasteiger partial charge in [-0.15, -0.1) is 0 Å². The average Bonchev–Trinajstić information content (AvgIpc) is 3.51. The predicted molar refractivity (Wildman–Crippen MR) is 191 cm³/mol. The first-order chi connectivity index (χ1) is 25.8. The summed E-state index contributed by atoms with van der Waals surface area (Å²) in [6.07, 6.45) is -9.11. The lowest BCUT2D eigenvalue weighted by Crippen LogP contribution is -2.62. The second-order valence-electron chi connectivity index (χ2n) is 18.7. The van der Waals surface area contributed by atoms with Crippen molar-refractivity contribution in [3.05, 3.63) is 11.6 Å². The third-order valence-electron chi connectivity index (χ3n) is 15.9. The number of cyclic esters (lactones) is 1. The van der Waals surface area contributed by atoms with E-state index in [9.17, 15) is 50.8 Å². The topological polar surface area (TPSA) is 245 Å². The van der Waals surface area contributed by atoms with Crippen molar-refractivity contribution in [1.29, 1.82) is 0 Å². The van der Waals surface area contributed by atoms with Gasteiger partial charge in [0.2, 0.25) is 0 Å². The summed E-state index contributed by atoms with van der Waals surface area (Å²) in [7, 11) is 0. The van der Waals surface area contributed by atoms with Crippen molar-refractivity contribution < 1.29 is 74.4 Å². The van der Waals surface area contributed by atoms with Gasteiger partial charge in [-0.3, -0.25) is 4.79 Å². The Morgan fingerprint density at radius 3 is 2.18 bits per heavy atom. The van der Waals surface area contributed by atoms with Crippen LogP contribution < -0.4 is 0 Å². The van der Waals surface area contributed by atoms with Crippen LogP contribution in [-0.2, 0) is 28.5 Å². The molecule has 7 rings (SSSR count). The van der Waals surface area contributed by atoms with E-state index >= 15 is 0 Å². The van der Waals surface area contributed by atoms with Crippen molar-refractivity contribution in [1.82, 2.24) is 0 Å². The van der Waals surface area contributed by atoms with Gasteiger partial charge in [0.1, 0.15) is 60.5 Å². The molecule has 3 heterocycles. The minimum absolute atomic E-state index is 0.0289. The number of aliphatic hydroxyl groups excluding tert-OH is 8. The normalized spacial score (nSPS) is 54.0. The molecule has 22 atom stereocenters. The highest BCUT2D eigenvalue weighted by atomic mass is 16.7. The minimum atomic E-state index is -1.68. The molecule has 314 valence electrons. The van der Waals surface area contributed by atoms with E-state index in [0.29, 0.717) is 24.7 Å². The molecule has 0 unspecified atom stereocenters. The van der Waals surface area contributed by atoms with Crippen molar-refractivity contribution in [3.63, 3.8) is 0 Å². The molecule has 0 aromatic carbocycles. The monoisotopic (exact) mass is 784 g/mol. The van der Waals surface area contributed by atoms with Crippen molar-refractivity contribution in [2.24, 2.45) is 46.3 Å². The highest BCUT2D eigenvalue weighted by molar-refractivity contribution is 5.73. The summed E-state index contributed by atoms with van der Waals surface area (Å²) in [4.78, 5) is 12.7. The molecule has 6 fully saturated rings. The summed E-state index contributed by atoms with van der Waals surface area (Å²) in [6.45, 7) is 9.14. The molecule has 0 amide bonds. The number of aliphatic hydroxyl groups is 9. The maximum absolute atomic E-state index is 12.7. The smallest absolute Gasteiger partial charge is 0.309 e. The average molecular weight is 785 g/mol. The van der Waals surface area contributed by atoms with Gasteiger partial charge in [0.05, 0.1) is 31.3 Å². The SMILES string of the molecule is C[C@@H]1C[C@H]([C@](C)(O)[C@H]2CC[C@H]3[C@@H]4CC=C5C[C@@H](O[C@@H]6O[C@H](CO[C@@H]7O[C@H](CO)[C@@H](O)[C@H](O)[C@H]7O)[C@@H](O)[C@H](O)[C@H]6O)C[C@H](O)[C@]5(C)[C@H]4CC[C@]23C)OC(=O)[C@@H]1C. The van der Waals surface area contributed by atoms with Gasteiger partial charge in [-0.1, -0.05) is 39.3 Å². The number of hydrogen-bond donors (Lipinski definition) is 9. The van der Waals surface area contributed by atoms with Crippen molar-refractivity contribution in [2.45, 2.75) is 171 Å². The molecule has 0 spiro atoms. The highest BCUT2D eigenvalue weighted by Gasteiger charge is 2.64. The lowest BCUT2D eigenvalue weighted by Gasteiger charge is -2.60. The Morgan fingerprint density at radius 1 is 0.855 bits per heavy atom. The summed E-state index contributed by atoms with van der Waals surface area (Å²) in [5.41, 5.74) is -0.749. The molecular formula is C40H64O15. The predicted octanol–water partition coefficient (Wildman–Crippen LogP) is -0.116. The highest BCUT2D eigenvalue weighted by Crippen LogP contribution is 2.68. The number of rotatable bonds is 8. The molecule has 9 N–H and O–H groups in total. The number of carbonyl (C=O) groups excluding carboxylic acids is 1. The van der Waals surface area contributed by atoms with E-state index in [1.165, 1.54) is 0 Å². The zero-order chi connectivity index (χ0) is 39.9. The largest absolute Gasteiger partial charge is 0.459 e. The summed E-state index contributed by atoms with van der Waals surface area (Å²) < 4.78 is 29.0. The van der Waals surface area contributed by atoms with Gasteiger partial charge in [-0.05, 0) is 86.9 Å². The first kappa shape index (κ1) is 41.8. The van der Waals surface area contributed by atoms with Crippen LogP contribution in [0.15, 0.2) is 11.6 Å². The Labute approximate surface area is 322 Å². The van der Waals surface area contributed by atoms with Crippen LogP contribution in [0.1, 0.15) is 86.0 Å². The molecule has 15 nitrogen and oxygen atoms in total. The zero-order valence-corrected chi connectivity index (χ0v) is 32.6. The Balaban J connectivity index is 1.01. The van der Waals surface area contributed by atoms with E-state index in [4.69, 9.17) is 23.7 Å². The summed E-state index contributed by atoms with van der Waals surface area (Å²) in [5.74, 6) is 0.515. The van der Waals surface area contributed by atoms with Crippen LogP contribution in [0.4, 0.5) is 0 Å². The Morgan fingerprint density at radius 2 is 1.51 bits per heavy atom. The van der Waals surface area contributed by atoms with E-state index in [0.717, 1.165) is 37.7 Å². The van der Waals surface area contributed by atoms with Gasteiger partial charge in [-0.25, -0.2) is 0 Å². The molecule has 15 heteroatoms. The third-order valence-corrected chi connectivity index (χ3v) is 15.9. The van der Waals surface area contributed by atoms with Crippen molar-refractivity contribution in [2.75, 3.05) is 13.2 Å². The summed E-state index contributed by atoms with van der Waals surface area (Å²) in [5, 5.41) is 96.5. The van der Waals surface area contributed by atoms with Gasteiger partial charge in [0.25, 0.3) is 0 Å². The molecule has 0 aromatic heterocycles. The summed E-state index contributed by atoms with van der Waals surface area (Å²) in [6, 6.07) is 0. The second kappa shape index (κ2) is 15.4. The zero-order valence-electron chi connectivity index (χ0n) is 32.6. The van der Waals surface area contributed by atoms with Crippen LogP contribution >= 0.6 is 0 Å². The lowest BCUT2D eigenvalue weighted by atomic mass is 9.46. The molecular weight excluding hydrogens is 720 g/mol. The van der Waals surface area contributed by atoms with Crippen LogP contribution in [0.25, 0.3) is 0 Å². The van der Waals surface area contributed by atoms with Crippen LogP contribution in [0.2, 0.25) is 0 Å². The number of fused-ring (bicyclic) bond motifs is 5. The molecule has 0 aromatic rings. The first-order valence-electron chi connectivity index (χ1n) is 20.4. The van der Waals surface area contributed by atoms with Crippen LogP contribution in [0.3, 0.4) is 0 Å². The number of allylic oxidation sites excluding steroid dienone is 1. The quantitative estimate of drug-likeness (QED) is 0.115.